The lowest BCUT2D eigenvalue weighted by molar-refractivity contribution is 0.0688. The first-order valence-electron chi connectivity index (χ1n) is 9.27. The summed E-state index contributed by atoms with van der Waals surface area (Å²) < 4.78 is 7.04. The minimum absolute atomic E-state index is 0.0322. The number of carboxylic acid groups (broad SMARTS) is 1. The molecule has 1 aliphatic heterocycles. The fourth-order valence-electron chi connectivity index (χ4n) is 3.50. The summed E-state index contributed by atoms with van der Waals surface area (Å²) >= 11 is 11.6. The fourth-order valence-corrected chi connectivity index (χ4v) is 3.89. The quantitative estimate of drug-likeness (QED) is 0.591. The zero-order chi connectivity index (χ0) is 21.3. The predicted molar refractivity (Wildman–Crippen MR) is 119 cm³/mol. The van der Waals surface area contributed by atoms with Gasteiger partial charge in [-0.25, -0.2) is 9.48 Å². The normalized spacial score (nSPS) is 12.9. The number of aromatic nitrogens is 2. The van der Waals surface area contributed by atoms with Crippen LogP contribution >= 0.6 is 23.8 Å². The first-order chi connectivity index (χ1) is 14.5. The number of hydrogen-bond acceptors (Lipinski definition) is 4. The predicted octanol–water partition coefficient (Wildman–Crippen LogP) is 3.99. The van der Waals surface area contributed by atoms with Crippen LogP contribution in [-0.4, -0.2) is 44.5 Å². The van der Waals surface area contributed by atoms with Gasteiger partial charge in [0.25, 0.3) is 0 Å². The Hall–Kier alpha value is -3.10. The lowest BCUT2D eigenvalue weighted by atomic mass is 10.1. The van der Waals surface area contributed by atoms with E-state index >= 15 is 0 Å². The number of anilines is 1. The number of benzene rings is 2. The highest BCUT2D eigenvalue weighted by atomic mass is 35.5. The van der Waals surface area contributed by atoms with Crippen molar-refractivity contribution < 1.29 is 14.6 Å². The number of aromatic carboxylic acids is 1. The van der Waals surface area contributed by atoms with Gasteiger partial charge in [-0.05, 0) is 48.6 Å². The van der Waals surface area contributed by atoms with Gasteiger partial charge in [0.1, 0.15) is 5.75 Å². The number of carboxylic acids is 1. The standard InChI is InChI=1S/C21H19ClN4O3S/c1-29-18-5-3-2-4-16(18)23-21(30)25-11-10-17-15(12-25)19(20(27)28)24-26(17)14-8-6-13(22)7-9-14/h2-9H,10-12H2,1H3,(H,23,30)(H,27,28). The Bertz CT molecular complexity index is 1110. The fraction of sp³-hybridized carbons (Fsp3) is 0.190. The highest BCUT2D eigenvalue weighted by molar-refractivity contribution is 7.80. The van der Waals surface area contributed by atoms with Crippen LogP contribution < -0.4 is 10.1 Å². The molecule has 0 spiro atoms. The third kappa shape index (κ3) is 3.83. The van der Waals surface area contributed by atoms with E-state index in [0.717, 1.165) is 17.1 Å². The molecule has 30 heavy (non-hydrogen) atoms. The molecule has 9 heteroatoms. The van der Waals surface area contributed by atoms with E-state index in [1.165, 1.54) is 0 Å². The summed E-state index contributed by atoms with van der Waals surface area (Å²) in [7, 11) is 1.60. The van der Waals surface area contributed by atoms with Crippen LogP contribution in [0, 0.1) is 0 Å². The summed E-state index contributed by atoms with van der Waals surface area (Å²) in [5, 5.41) is 18.4. The van der Waals surface area contributed by atoms with Crippen LogP contribution in [0.2, 0.25) is 5.02 Å². The molecule has 2 heterocycles. The lowest BCUT2D eigenvalue weighted by Gasteiger charge is -2.30. The van der Waals surface area contributed by atoms with Crippen LogP contribution in [0.1, 0.15) is 21.7 Å². The van der Waals surface area contributed by atoms with E-state index in [-0.39, 0.29) is 5.69 Å². The molecule has 154 valence electrons. The molecule has 7 nitrogen and oxygen atoms in total. The molecule has 0 amide bonds. The molecule has 1 aromatic heterocycles. The van der Waals surface area contributed by atoms with Crippen molar-refractivity contribution >= 4 is 40.6 Å². The van der Waals surface area contributed by atoms with E-state index < -0.39 is 5.97 Å². The number of hydrogen-bond donors (Lipinski definition) is 2. The van der Waals surface area contributed by atoms with Crippen LogP contribution in [0.3, 0.4) is 0 Å². The maximum Gasteiger partial charge on any atom is 0.356 e. The summed E-state index contributed by atoms with van der Waals surface area (Å²) in [4.78, 5) is 13.8. The third-order valence-electron chi connectivity index (χ3n) is 4.97. The minimum Gasteiger partial charge on any atom is -0.495 e. The molecule has 0 atom stereocenters. The SMILES string of the molecule is COc1ccccc1NC(=S)N1CCc2c(c(C(=O)O)nn2-c2ccc(Cl)cc2)C1. The van der Waals surface area contributed by atoms with E-state index in [2.05, 4.69) is 10.4 Å². The maximum absolute atomic E-state index is 11.8. The zero-order valence-corrected chi connectivity index (χ0v) is 17.7. The van der Waals surface area contributed by atoms with Crippen LogP contribution in [0.15, 0.2) is 48.5 Å². The lowest BCUT2D eigenvalue weighted by Crippen LogP contribution is -2.39. The van der Waals surface area contributed by atoms with Crippen LogP contribution in [0.5, 0.6) is 5.75 Å². The van der Waals surface area contributed by atoms with E-state index in [0.29, 0.717) is 41.0 Å². The topological polar surface area (TPSA) is 79.6 Å². The number of nitrogens with zero attached hydrogens (tertiary/aromatic N) is 3. The summed E-state index contributed by atoms with van der Waals surface area (Å²) in [6.45, 7) is 0.984. The first kappa shape index (κ1) is 20.2. The Kier molecular flexibility index (Phi) is 5.61. The Morgan fingerprint density at radius 2 is 1.97 bits per heavy atom. The third-order valence-corrected chi connectivity index (χ3v) is 5.58. The van der Waals surface area contributed by atoms with Gasteiger partial charge in [-0.15, -0.1) is 0 Å². The van der Waals surface area contributed by atoms with E-state index in [9.17, 15) is 9.90 Å². The van der Waals surface area contributed by atoms with Crippen molar-refractivity contribution in [1.82, 2.24) is 14.7 Å². The van der Waals surface area contributed by atoms with Gasteiger partial charge in [-0.3, -0.25) is 0 Å². The molecule has 0 unspecified atom stereocenters. The molecule has 3 aromatic rings. The minimum atomic E-state index is -1.07. The number of para-hydroxylation sites is 2. The number of carbonyl (C=O) groups is 1. The number of ether oxygens (including phenoxy) is 1. The number of methoxy groups -OCH3 is 1. The number of nitrogens with one attached hydrogen (secondary N) is 1. The van der Waals surface area contributed by atoms with Crippen molar-refractivity contribution in [2.45, 2.75) is 13.0 Å². The molecule has 0 aliphatic carbocycles. The highest BCUT2D eigenvalue weighted by Gasteiger charge is 2.29. The van der Waals surface area contributed by atoms with Crippen molar-refractivity contribution in [3.8, 4) is 11.4 Å². The van der Waals surface area contributed by atoms with Crippen LogP contribution in [-0.2, 0) is 13.0 Å². The molecule has 0 radical (unpaired) electrons. The largest absolute Gasteiger partial charge is 0.495 e. The van der Waals surface area contributed by atoms with E-state index in [1.54, 1.807) is 23.9 Å². The van der Waals surface area contributed by atoms with Gasteiger partial charge in [0, 0.05) is 30.1 Å². The molecule has 4 rings (SSSR count). The first-order valence-corrected chi connectivity index (χ1v) is 10.1. The Balaban J connectivity index is 1.62. The molecule has 0 bridgehead atoms. The van der Waals surface area contributed by atoms with Crippen molar-refractivity contribution in [3.05, 3.63) is 70.5 Å². The second kappa shape index (κ2) is 8.33. The molecule has 0 saturated carbocycles. The molecular weight excluding hydrogens is 424 g/mol. The smallest absolute Gasteiger partial charge is 0.356 e. The summed E-state index contributed by atoms with van der Waals surface area (Å²) in [5.74, 6) is -0.385. The number of thiocarbonyl (C=S) groups is 1. The van der Waals surface area contributed by atoms with Gasteiger partial charge < -0.3 is 20.1 Å². The van der Waals surface area contributed by atoms with Crippen molar-refractivity contribution in [2.75, 3.05) is 19.0 Å². The Morgan fingerprint density at radius 1 is 1.23 bits per heavy atom. The van der Waals surface area contributed by atoms with Gasteiger partial charge in [-0.1, -0.05) is 23.7 Å². The van der Waals surface area contributed by atoms with Crippen molar-refractivity contribution in [1.29, 1.82) is 0 Å². The molecule has 2 aromatic carbocycles. The monoisotopic (exact) mass is 442 g/mol. The number of halogens is 1. The molecule has 2 N–H and O–H groups in total. The summed E-state index contributed by atoms with van der Waals surface area (Å²) in [6, 6.07) is 14.6. The van der Waals surface area contributed by atoms with Crippen LogP contribution in [0.4, 0.5) is 5.69 Å². The van der Waals surface area contributed by atoms with E-state index in [4.69, 9.17) is 28.6 Å². The molecular formula is C21H19ClN4O3S. The molecule has 0 fully saturated rings. The Morgan fingerprint density at radius 3 is 2.67 bits per heavy atom. The van der Waals surface area contributed by atoms with Crippen LogP contribution in [0.25, 0.3) is 5.69 Å². The van der Waals surface area contributed by atoms with Crippen molar-refractivity contribution in [2.24, 2.45) is 0 Å². The van der Waals surface area contributed by atoms with Gasteiger partial charge in [0.15, 0.2) is 10.8 Å². The summed E-state index contributed by atoms with van der Waals surface area (Å²) in [5.41, 5.74) is 3.08. The Labute approximate surface area is 183 Å². The molecule has 1 aliphatic rings. The van der Waals surface area contributed by atoms with E-state index in [1.807, 2.05) is 41.3 Å². The number of rotatable bonds is 4. The van der Waals surface area contributed by atoms with Crippen molar-refractivity contribution in [3.63, 3.8) is 0 Å². The average Bonchev–Trinajstić information content (AvgIpc) is 3.14. The zero-order valence-electron chi connectivity index (χ0n) is 16.1. The van der Waals surface area contributed by atoms with Gasteiger partial charge >= 0.3 is 5.97 Å². The van der Waals surface area contributed by atoms with Gasteiger partial charge in [-0.2, -0.15) is 5.10 Å². The maximum atomic E-state index is 11.8. The van der Waals surface area contributed by atoms with Gasteiger partial charge in [0.05, 0.1) is 24.2 Å². The van der Waals surface area contributed by atoms with Gasteiger partial charge in [0.2, 0.25) is 0 Å². The summed E-state index contributed by atoms with van der Waals surface area (Å²) in [6.07, 6.45) is 0.603. The molecule has 0 saturated heterocycles. The second-order valence-electron chi connectivity index (χ2n) is 6.77. The second-order valence-corrected chi connectivity index (χ2v) is 7.59. The average molecular weight is 443 g/mol. The highest BCUT2D eigenvalue weighted by Crippen LogP contribution is 2.28. The number of fused-ring (bicyclic) bond motifs is 1.